The molecule has 0 saturated carbocycles. The molecule has 4 nitrogen and oxygen atoms in total. The van der Waals surface area contributed by atoms with Crippen molar-refractivity contribution in [2.24, 2.45) is 0 Å². The van der Waals surface area contributed by atoms with E-state index in [0.717, 1.165) is 55.8 Å². The first-order valence-electron chi connectivity index (χ1n) is 9.31. The van der Waals surface area contributed by atoms with Gasteiger partial charge >= 0.3 is 0 Å². The maximum absolute atomic E-state index is 6.06. The van der Waals surface area contributed by atoms with Gasteiger partial charge in [0.15, 0.2) is 0 Å². The van der Waals surface area contributed by atoms with Crippen molar-refractivity contribution in [3.05, 3.63) is 47.5 Å². The molecule has 4 heteroatoms. The molecular weight excluding hydrogens is 312 g/mol. The minimum Gasteiger partial charge on any atom is -0.478 e. The molecule has 0 fully saturated rings. The Balaban J connectivity index is 1.69. The summed E-state index contributed by atoms with van der Waals surface area (Å²) >= 11 is 0. The lowest BCUT2D eigenvalue weighted by Crippen LogP contribution is -2.04. The molecule has 2 aliphatic rings. The summed E-state index contributed by atoms with van der Waals surface area (Å²) in [6.45, 7) is 1.40. The molecule has 0 saturated heterocycles. The van der Waals surface area contributed by atoms with Gasteiger partial charge in [-0.3, -0.25) is 0 Å². The molecule has 0 atom stereocenters. The average molecular weight is 336 g/mol. The molecule has 3 heterocycles. The van der Waals surface area contributed by atoms with Gasteiger partial charge in [0.1, 0.15) is 0 Å². The van der Waals surface area contributed by atoms with E-state index in [1.165, 1.54) is 17.5 Å². The molecule has 0 amide bonds. The third kappa shape index (κ3) is 3.84. The lowest BCUT2D eigenvalue weighted by Gasteiger charge is -2.13. The van der Waals surface area contributed by atoms with Crippen molar-refractivity contribution in [3.63, 3.8) is 0 Å². The second-order valence-electron chi connectivity index (χ2n) is 6.62. The largest absolute Gasteiger partial charge is 0.478 e. The molecule has 2 aromatic rings. The maximum Gasteiger partial charge on any atom is 0.217 e. The van der Waals surface area contributed by atoms with E-state index in [1.807, 2.05) is 18.2 Å². The highest BCUT2D eigenvalue weighted by Gasteiger charge is 2.20. The van der Waals surface area contributed by atoms with Gasteiger partial charge in [-0.05, 0) is 62.6 Å². The average Bonchev–Trinajstić information content (AvgIpc) is 3.11. The summed E-state index contributed by atoms with van der Waals surface area (Å²) in [6.07, 6.45) is 11.9. The van der Waals surface area contributed by atoms with Gasteiger partial charge in [0, 0.05) is 11.6 Å². The molecule has 0 unspecified atom stereocenters. The second-order valence-corrected chi connectivity index (χ2v) is 6.62. The van der Waals surface area contributed by atoms with Crippen LogP contribution >= 0.6 is 0 Å². The third-order valence-corrected chi connectivity index (χ3v) is 4.72. The Labute approximate surface area is 148 Å². The smallest absolute Gasteiger partial charge is 0.217 e. The van der Waals surface area contributed by atoms with Crippen LogP contribution in [0.3, 0.4) is 0 Å². The Bertz CT molecular complexity index is 770. The fourth-order valence-corrected chi connectivity index (χ4v) is 3.42. The number of fused-ring (bicyclic) bond motifs is 7. The van der Waals surface area contributed by atoms with Crippen LogP contribution in [0.4, 0.5) is 0 Å². The van der Waals surface area contributed by atoms with E-state index in [-0.39, 0.29) is 0 Å². The minimum atomic E-state index is 0.665. The van der Waals surface area contributed by atoms with Crippen LogP contribution in [0.1, 0.15) is 43.2 Å². The zero-order chi connectivity index (χ0) is 16.9. The maximum atomic E-state index is 6.06. The first-order valence-corrected chi connectivity index (χ1v) is 9.31. The number of allylic oxidation sites excluding steroid dienone is 2. The Hall–Kier alpha value is -2.36. The molecular formula is C21H24N2O2. The highest BCUT2D eigenvalue weighted by Crippen LogP contribution is 2.33. The van der Waals surface area contributed by atoms with Crippen molar-refractivity contribution in [2.75, 3.05) is 13.2 Å². The van der Waals surface area contributed by atoms with Gasteiger partial charge in [0.25, 0.3) is 0 Å². The van der Waals surface area contributed by atoms with E-state index in [2.05, 4.69) is 23.2 Å². The standard InChI is InChI=1S/C21H24N2O2/c1-2-4-6-14-25-21-17-10-7-9-16(17)15-19(23-21)18-11-8-12-20(22-18)24-13-5-3-1/h1-2,8,11-12,15H,3-7,9-10,13-14H2/b2-1+. The quantitative estimate of drug-likeness (QED) is 0.664. The lowest BCUT2D eigenvalue weighted by molar-refractivity contribution is 0.296. The van der Waals surface area contributed by atoms with Crippen molar-refractivity contribution < 1.29 is 9.47 Å². The first-order chi connectivity index (χ1) is 12.4. The first kappa shape index (κ1) is 16.1. The van der Waals surface area contributed by atoms with Crippen molar-refractivity contribution in [1.29, 1.82) is 0 Å². The topological polar surface area (TPSA) is 44.2 Å². The molecule has 4 bridgehead atoms. The number of hydrogen-bond donors (Lipinski definition) is 0. The number of aromatic nitrogens is 2. The molecule has 4 rings (SSSR count). The molecule has 0 spiro atoms. The summed E-state index contributed by atoms with van der Waals surface area (Å²) in [5, 5.41) is 0. The molecule has 0 aromatic carbocycles. The number of aryl methyl sites for hydroxylation is 1. The van der Waals surface area contributed by atoms with Crippen LogP contribution < -0.4 is 9.47 Å². The van der Waals surface area contributed by atoms with Gasteiger partial charge in [-0.25, -0.2) is 9.97 Å². The number of ether oxygens (including phenoxy) is 2. The molecule has 1 aliphatic carbocycles. The van der Waals surface area contributed by atoms with Crippen LogP contribution in [0.15, 0.2) is 36.4 Å². The normalized spacial score (nSPS) is 18.7. The number of rotatable bonds is 0. The van der Waals surface area contributed by atoms with Gasteiger partial charge in [-0.2, -0.15) is 0 Å². The summed E-state index contributed by atoms with van der Waals surface area (Å²) < 4.78 is 11.9. The van der Waals surface area contributed by atoms with E-state index >= 15 is 0 Å². The predicted molar refractivity (Wildman–Crippen MR) is 98.1 cm³/mol. The Morgan fingerprint density at radius 3 is 2.52 bits per heavy atom. The zero-order valence-corrected chi connectivity index (χ0v) is 14.5. The molecule has 25 heavy (non-hydrogen) atoms. The second kappa shape index (κ2) is 7.68. The summed E-state index contributed by atoms with van der Waals surface area (Å²) in [4.78, 5) is 9.43. The summed E-state index contributed by atoms with van der Waals surface area (Å²) in [5.74, 6) is 1.47. The zero-order valence-electron chi connectivity index (χ0n) is 14.5. The van der Waals surface area contributed by atoms with Crippen LogP contribution in [-0.2, 0) is 12.8 Å². The third-order valence-electron chi connectivity index (χ3n) is 4.72. The van der Waals surface area contributed by atoms with E-state index in [9.17, 15) is 0 Å². The highest BCUT2D eigenvalue weighted by molar-refractivity contribution is 5.59. The SMILES string of the molecule is C1=C/CCCOc2nc(cc3c2CCC3)-c2cccc(n2)OCCC/1. The number of hydrogen-bond acceptors (Lipinski definition) is 4. The van der Waals surface area contributed by atoms with Crippen LogP contribution in [0.2, 0.25) is 0 Å². The molecule has 1 aliphatic heterocycles. The van der Waals surface area contributed by atoms with Gasteiger partial charge in [0.05, 0.1) is 24.6 Å². The van der Waals surface area contributed by atoms with Gasteiger partial charge in [-0.15, -0.1) is 0 Å². The Kier molecular flexibility index (Phi) is 4.96. The molecule has 130 valence electrons. The van der Waals surface area contributed by atoms with Crippen LogP contribution in [0.5, 0.6) is 11.8 Å². The van der Waals surface area contributed by atoms with Crippen LogP contribution in [0, 0.1) is 0 Å². The van der Waals surface area contributed by atoms with E-state index < -0.39 is 0 Å². The van der Waals surface area contributed by atoms with Gasteiger partial charge < -0.3 is 9.47 Å². The highest BCUT2D eigenvalue weighted by atomic mass is 16.5. The van der Waals surface area contributed by atoms with E-state index in [0.29, 0.717) is 19.1 Å². The molecule has 0 radical (unpaired) electrons. The van der Waals surface area contributed by atoms with Crippen molar-refractivity contribution in [3.8, 4) is 23.1 Å². The van der Waals surface area contributed by atoms with Crippen molar-refractivity contribution >= 4 is 0 Å². The van der Waals surface area contributed by atoms with E-state index in [1.54, 1.807) is 0 Å². The Morgan fingerprint density at radius 2 is 1.64 bits per heavy atom. The lowest BCUT2D eigenvalue weighted by atomic mass is 10.1. The monoisotopic (exact) mass is 336 g/mol. The van der Waals surface area contributed by atoms with Crippen molar-refractivity contribution in [1.82, 2.24) is 9.97 Å². The molecule has 0 N–H and O–H groups in total. The fourth-order valence-electron chi connectivity index (χ4n) is 3.42. The number of pyridine rings is 2. The fraction of sp³-hybridized carbons (Fsp3) is 0.429. The van der Waals surface area contributed by atoms with E-state index in [4.69, 9.17) is 14.5 Å². The minimum absolute atomic E-state index is 0.665. The predicted octanol–water partition coefficient (Wildman–Crippen LogP) is 4.52. The summed E-state index contributed by atoms with van der Waals surface area (Å²) in [6, 6.07) is 8.06. The van der Waals surface area contributed by atoms with Crippen molar-refractivity contribution in [2.45, 2.75) is 44.9 Å². The Morgan fingerprint density at radius 1 is 0.800 bits per heavy atom. The van der Waals surface area contributed by atoms with Gasteiger partial charge in [0.2, 0.25) is 11.8 Å². The summed E-state index contributed by atoms with van der Waals surface area (Å²) in [5.41, 5.74) is 4.37. The molecule has 2 aromatic heterocycles. The van der Waals surface area contributed by atoms with Crippen LogP contribution in [0.25, 0.3) is 11.4 Å². The summed E-state index contributed by atoms with van der Waals surface area (Å²) in [7, 11) is 0. The van der Waals surface area contributed by atoms with Gasteiger partial charge in [-0.1, -0.05) is 18.2 Å². The number of nitrogens with zero attached hydrogens (tertiary/aromatic N) is 2. The van der Waals surface area contributed by atoms with Crippen LogP contribution in [-0.4, -0.2) is 23.2 Å².